The second kappa shape index (κ2) is 5.50. The van der Waals surface area contributed by atoms with Gasteiger partial charge in [-0.25, -0.2) is 0 Å². The summed E-state index contributed by atoms with van der Waals surface area (Å²) in [5, 5.41) is 3.43. The molecule has 1 N–H and O–H groups in total. The van der Waals surface area contributed by atoms with E-state index in [1.165, 1.54) is 6.42 Å². The van der Waals surface area contributed by atoms with Crippen molar-refractivity contribution in [3.63, 3.8) is 0 Å². The summed E-state index contributed by atoms with van der Waals surface area (Å²) in [5.41, 5.74) is 0. The Labute approximate surface area is 93.2 Å². The molecule has 1 rings (SSSR count). The lowest BCUT2D eigenvalue weighted by molar-refractivity contribution is -0.128. The average molecular weight is 212 g/mol. The normalized spacial score (nSPS) is 25.7. The van der Waals surface area contributed by atoms with E-state index in [1.807, 2.05) is 11.9 Å². The first-order valence-corrected chi connectivity index (χ1v) is 6.05. The molecule has 3 heteroatoms. The van der Waals surface area contributed by atoms with Crippen LogP contribution in [0.2, 0.25) is 0 Å². The van der Waals surface area contributed by atoms with Crippen LogP contribution in [-0.2, 0) is 4.79 Å². The van der Waals surface area contributed by atoms with Gasteiger partial charge in [-0.2, -0.15) is 0 Å². The second-order valence-corrected chi connectivity index (χ2v) is 4.92. The van der Waals surface area contributed by atoms with Crippen LogP contribution in [0.15, 0.2) is 0 Å². The van der Waals surface area contributed by atoms with E-state index in [2.05, 4.69) is 26.1 Å². The number of nitrogens with one attached hydrogen (secondary N) is 1. The third kappa shape index (κ3) is 3.49. The van der Waals surface area contributed by atoms with E-state index in [0.717, 1.165) is 25.3 Å². The summed E-state index contributed by atoms with van der Waals surface area (Å²) in [5.74, 6) is 0.993. The lowest BCUT2D eigenvalue weighted by atomic mass is 10.00. The van der Waals surface area contributed by atoms with Gasteiger partial charge in [-0.15, -0.1) is 0 Å². The smallest absolute Gasteiger partial charge is 0.239 e. The topological polar surface area (TPSA) is 32.3 Å². The molecular formula is C12H24N2O. The summed E-state index contributed by atoms with van der Waals surface area (Å²) in [6.45, 7) is 7.55. The molecule has 3 atom stereocenters. The summed E-state index contributed by atoms with van der Waals surface area (Å²) in [6.07, 6.45) is 3.33. The molecule has 88 valence electrons. The minimum atomic E-state index is 0.0639. The van der Waals surface area contributed by atoms with Gasteiger partial charge in [-0.1, -0.05) is 20.3 Å². The van der Waals surface area contributed by atoms with Gasteiger partial charge in [0.2, 0.25) is 5.91 Å². The summed E-state index contributed by atoms with van der Waals surface area (Å²) in [6, 6.07) is 0.509. The fourth-order valence-electron chi connectivity index (χ4n) is 2.16. The van der Waals surface area contributed by atoms with E-state index in [9.17, 15) is 4.79 Å². The summed E-state index contributed by atoms with van der Waals surface area (Å²) in [4.78, 5) is 13.5. The fourth-order valence-corrected chi connectivity index (χ4v) is 2.16. The van der Waals surface area contributed by atoms with Crippen LogP contribution >= 0.6 is 0 Å². The van der Waals surface area contributed by atoms with E-state index in [4.69, 9.17) is 0 Å². The van der Waals surface area contributed by atoms with Gasteiger partial charge in [-0.05, 0) is 25.7 Å². The lowest BCUT2D eigenvalue weighted by Crippen LogP contribution is -2.42. The second-order valence-electron chi connectivity index (χ2n) is 4.92. The van der Waals surface area contributed by atoms with Crippen LogP contribution in [0.4, 0.5) is 0 Å². The third-order valence-electron chi connectivity index (χ3n) is 3.37. The quantitative estimate of drug-likeness (QED) is 0.751. The number of hydrogen-bond donors (Lipinski definition) is 1. The molecule has 15 heavy (non-hydrogen) atoms. The first-order valence-electron chi connectivity index (χ1n) is 6.05. The lowest BCUT2D eigenvalue weighted by Gasteiger charge is -2.21. The van der Waals surface area contributed by atoms with Crippen molar-refractivity contribution in [2.45, 2.75) is 52.1 Å². The largest absolute Gasteiger partial charge is 0.344 e. The van der Waals surface area contributed by atoms with Crippen molar-refractivity contribution in [1.82, 2.24) is 10.2 Å². The summed E-state index contributed by atoms with van der Waals surface area (Å²) >= 11 is 0. The predicted octanol–water partition coefficient (Wildman–Crippen LogP) is 1.63. The van der Waals surface area contributed by atoms with Gasteiger partial charge in [0.1, 0.15) is 0 Å². The van der Waals surface area contributed by atoms with E-state index in [1.54, 1.807) is 0 Å². The molecule has 1 aliphatic heterocycles. The highest BCUT2D eigenvalue weighted by Crippen LogP contribution is 2.13. The molecule has 1 aliphatic rings. The molecule has 3 nitrogen and oxygen atoms in total. The van der Waals surface area contributed by atoms with Crippen LogP contribution in [0.25, 0.3) is 0 Å². The zero-order valence-corrected chi connectivity index (χ0v) is 10.4. The zero-order chi connectivity index (χ0) is 11.4. The van der Waals surface area contributed by atoms with Crippen molar-refractivity contribution in [3.05, 3.63) is 0 Å². The molecule has 0 saturated carbocycles. The van der Waals surface area contributed by atoms with Crippen LogP contribution in [0.1, 0.15) is 40.0 Å². The number of nitrogens with zero attached hydrogens (tertiary/aromatic N) is 1. The Kier molecular flexibility index (Phi) is 4.58. The highest BCUT2D eigenvalue weighted by Gasteiger charge is 2.29. The first-order chi connectivity index (χ1) is 7.04. The molecule has 1 amide bonds. The molecule has 1 heterocycles. The van der Waals surface area contributed by atoms with Gasteiger partial charge < -0.3 is 10.2 Å². The number of carbonyl (C=O) groups excluding carboxylic acids is 1. The minimum Gasteiger partial charge on any atom is -0.344 e. The highest BCUT2D eigenvalue weighted by atomic mass is 16.2. The van der Waals surface area contributed by atoms with Gasteiger partial charge in [0.15, 0.2) is 0 Å². The number of likely N-dealkylation sites (tertiary alicyclic amines) is 1. The highest BCUT2D eigenvalue weighted by molar-refractivity contribution is 5.83. The van der Waals surface area contributed by atoms with Crippen LogP contribution in [0, 0.1) is 5.92 Å². The molecule has 3 unspecified atom stereocenters. The molecule has 1 fully saturated rings. The van der Waals surface area contributed by atoms with Crippen molar-refractivity contribution < 1.29 is 4.79 Å². The maximum absolute atomic E-state index is 11.7. The Bertz CT molecular complexity index is 218. The number of rotatable bonds is 5. The minimum absolute atomic E-state index is 0.0639. The van der Waals surface area contributed by atoms with Crippen molar-refractivity contribution in [1.29, 1.82) is 0 Å². The third-order valence-corrected chi connectivity index (χ3v) is 3.37. The summed E-state index contributed by atoms with van der Waals surface area (Å²) < 4.78 is 0. The van der Waals surface area contributed by atoms with E-state index in [-0.39, 0.29) is 11.9 Å². The Balaban J connectivity index is 2.32. The van der Waals surface area contributed by atoms with Gasteiger partial charge >= 0.3 is 0 Å². The van der Waals surface area contributed by atoms with Gasteiger partial charge in [0.05, 0.1) is 6.04 Å². The SMILES string of the molecule is CCC(C)CC(C)NC1CCN(C)C1=O. The van der Waals surface area contributed by atoms with Crippen molar-refractivity contribution >= 4 is 5.91 Å². The number of amides is 1. The molecule has 0 bridgehead atoms. The molecule has 0 radical (unpaired) electrons. The van der Waals surface area contributed by atoms with Crippen LogP contribution < -0.4 is 5.32 Å². The number of carbonyl (C=O) groups is 1. The van der Waals surface area contributed by atoms with Crippen molar-refractivity contribution in [3.8, 4) is 0 Å². The van der Waals surface area contributed by atoms with Gasteiger partial charge in [0.25, 0.3) is 0 Å². The molecule has 0 aromatic carbocycles. The van der Waals surface area contributed by atoms with Crippen molar-refractivity contribution in [2.24, 2.45) is 5.92 Å². The van der Waals surface area contributed by atoms with Gasteiger partial charge in [-0.3, -0.25) is 4.79 Å². The fraction of sp³-hybridized carbons (Fsp3) is 0.917. The Morgan fingerprint density at radius 1 is 1.53 bits per heavy atom. The van der Waals surface area contributed by atoms with E-state index < -0.39 is 0 Å². The first kappa shape index (κ1) is 12.5. The van der Waals surface area contributed by atoms with Gasteiger partial charge in [0, 0.05) is 19.6 Å². The maximum Gasteiger partial charge on any atom is 0.239 e. The number of likely N-dealkylation sites (N-methyl/N-ethyl adjacent to an activating group) is 1. The Morgan fingerprint density at radius 3 is 2.67 bits per heavy atom. The molecule has 0 aliphatic carbocycles. The predicted molar refractivity (Wildman–Crippen MR) is 62.7 cm³/mol. The molecule has 0 aromatic rings. The number of hydrogen-bond acceptors (Lipinski definition) is 2. The van der Waals surface area contributed by atoms with Crippen LogP contribution in [0.5, 0.6) is 0 Å². The maximum atomic E-state index is 11.7. The summed E-state index contributed by atoms with van der Waals surface area (Å²) in [7, 11) is 1.88. The van der Waals surface area contributed by atoms with Crippen LogP contribution in [0.3, 0.4) is 0 Å². The molecule has 0 spiro atoms. The standard InChI is InChI=1S/C12H24N2O/c1-5-9(2)8-10(3)13-11-6-7-14(4)12(11)15/h9-11,13H,5-8H2,1-4H3. The zero-order valence-electron chi connectivity index (χ0n) is 10.4. The van der Waals surface area contributed by atoms with E-state index >= 15 is 0 Å². The molecule has 1 saturated heterocycles. The average Bonchev–Trinajstić information content (AvgIpc) is 2.49. The molecule has 0 aromatic heterocycles. The monoisotopic (exact) mass is 212 g/mol. The Hall–Kier alpha value is -0.570. The Morgan fingerprint density at radius 2 is 2.20 bits per heavy atom. The van der Waals surface area contributed by atoms with Crippen LogP contribution in [-0.4, -0.2) is 36.5 Å². The van der Waals surface area contributed by atoms with Crippen molar-refractivity contribution in [2.75, 3.05) is 13.6 Å². The van der Waals surface area contributed by atoms with E-state index in [0.29, 0.717) is 6.04 Å². The molecular weight excluding hydrogens is 188 g/mol.